The van der Waals surface area contributed by atoms with Crippen molar-refractivity contribution in [3.8, 4) is 5.88 Å². The lowest BCUT2D eigenvalue weighted by Gasteiger charge is -2.20. The SMILES string of the molecule is COC(=O)CNC[C@@H]1C[C@@H](Oc2cnc(C3CC3)cn2)CN1C(=O)O. The molecule has 0 spiro atoms. The summed E-state index contributed by atoms with van der Waals surface area (Å²) in [7, 11) is 1.31. The van der Waals surface area contributed by atoms with E-state index in [9.17, 15) is 14.7 Å². The number of ether oxygens (including phenoxy) is 2. The summed E-state index contributed by atoms with van der Waals surface area (Å²) in [5, 5.41) is 12.3. The van der Waals surface area contributed by atoms with Gasteiger partial charge in [-0.25, -0.2) is 9.78 Å². The minimum atomic E-state index is -1.01. The average molecular weight is 350 g/mol. The highest BCUT2D eigenvalue weighted by Gasteiger charge is 2.36. The van der Waals surface area contributed by atoms with Crippen molar-refractivity contribution < 1.29 is 24.2 Å². The number of rotatable bonds is 7. The molecule has 9 nitrogen and oxygen atoms in total. The quantitative estimate of drug-likeness (QED) is 0.688. The first kappa shape index (κ1) is 17.4. The Morgan fingerprint density at radius 2 is 2.16 bits per heavy atom. The smallest absolute Gasteiger partial charge is 0.407 e. The average Bonchev–Trinajstić information content (AvgIpc) is 3.37. The summed E-state index contributed by atoms with van der Waals surface area (Å²) in [6.07, 6.45) is 4.87. The summed E-state index contributed by atoms with van der Waals surface area (Å²) in [4.78, 5) is 32.5. The number of nitrogens with zero attached hydrogens (tertiary/aromatic N) is 3. The molecule has 0 radical (unpaired) electrons. The number of carboxylic acid groups (broad SMARTS) is 1. The molecule has 3 rings (SSSR count). The van der Waals surface area contributed by atoms with Crippen LogP contribution in [-0.4, -0.2) is 70.9 Å². The highest BCUT2D eigenvalue weighted by Crippen LogP contribution is 2.38. The number of aromatic nitrogens is 2. The molecule has 1 amide bonds. The number of hydrogen-bond acceptors (Lipinski definition) is 7. The topological polar surface area (TPSA) is 114 Å². The Morgan fingerprint density at radius 3 is 2.76 bits per heavy atom. The largest absolute Gasteiger partial charge is 0.471 e. The molecule has 1 saturated heterocycles. The highest BCUT2D eigenvalue weighted by atomic mass is 16.5. The van der Waals surface area contributed by atoms with Crippen molar-refractivity contribution in [1.82, 2.24) is 20.2 Å². The summed E-state index contributed by atoms with van der Waals surface area (Å²) >= 11 is 0. The third-order valence-electron chi connectivity index (χ3n) is 4.43. The van der Waals surface area contributed by atoms with Gasteiger partial charge in [-0.2, -0.15) is 0 Å². The van der Waals surface area contributed by atoms with Crippen molar-refractivity contribution in [2.75, 3.05) is 26.7 Å². The summed E-state index contributed by atoms with van der Waals surface area (Å²) in [5.74, 6) is 0.544. The molecule has 25 heavy (non-hydrogen) atoms. The maximum Gasteiger partial charge on any atom is 0.407 e. The maximum atomic E-state index is 11.4. The Bertz CT molecular complexity index is 619. The lowest BCUT2D eigenvalue weighted by molar-refractivity contribution is -0.139. The van der Waals surface area contributed by atoms with Crippen LogP contribution in [0.2, 0.25) is 0 Å². The van der Waals surface area contributed by atoms with Gasteiger partial charge in [0.1, 0.15) is 6.10 Å². The zero-order chi connectivity index (χ0) is 17.8. The molecule has 1 aliphatic heterocycles. The Balaban J connectivity index is 1.53. The number of carbonyl (C=O) groups is 2. The van der Waals surface area contributed by atoms with Crippen LogP contribution in [0.4, 0.5) is 4.79 Å². The number of hydrogen-bond donors (Lipinski definition) is 2. The fraction of sp³-hybridized carbons (Fsp3) is 0.625. The van der Waals surface area contributed by atoms with Crippen molar-refractivity contribution in [3.63, 3.8) is 0 Å². The molecule has 136 valence electrons. The van der Waals surface area contributed by atoms with Crippen molar-refractivity contribution in [3.05, 3.63) is 18.1 Å². The minimum Gasteiger partial charge on any atom is -0.471 e. The van der Waals surface area contributed by atoms with Crippen LogP contribution in [0.1, 0.15) is 30.9 Å². The van der Waals surface area contributed by atoms with Gasteiger partial charge >= 0.3 is 12.1 Å². The lowest BCUT2D eigenvalue weighted by Crippen LogP contribution is -2.42. The zero-order valence-electron chi connectivity index (χ0n) is 14.1. The molecule has 2 fully saturated rings. The van der Waals surface area contributed by atoms with E-state index in [0.29, 0.717) is 24.8 Å². The molecule has 0 unspecified atom stereocenters. The second-order valence-corrected chi connectivity index (χ2v) is 6.33. The number of amides is 1. The summed E-state index contributed by atoms with van der Waals surface area (Å²) < 4.78 is 10.3. The molecule has 0 aromatic carbocycles. The molecule has 2 aliphatic rings. The van der Waals surface area contributed by atoms with E-state index in [0.717, 1.165) is 18.5 Å². The molecule has 9 heteroatoms. The zero-order valence-corrected chi connectivity index (χ0v) is 14.1. The molecule has 2 atom stereocenters. The van der Waals surface area contributed by atoms with E-state index in [2.05, 4.69) is 20.0 Å². The first-order chi connectivity index (χ1) is 12.1. The van der Waals surface area contributed by atoms with Crippen molar-refractivity contribution in [2.45, 2.75) is 37.3 Å². The second kappa shape index (κ2) is 7.64. The van der Waals surface area contributed by atoms with Gasteiger partial charge in [0.15, 0.2) is 0 Å². The van der Waals surface area contributed by atoms with Crippen LogP contribution in [0.15, 0.2) is 12.4 Å². The molecule has 1 aromatic rings. The Labute approximate surface area is 145 Å². The van der Waals surface area contributed by atoms with Gasteiger partial charge in [-0.1, -0.05) is 0 Å². The monoisotopic (exact) mass is 350 g/mol. The number of carbonyl (C=O) groups excluding carboxylic acids is 1. The van der Waals surface area contributed by atoms with Crippen LogP contribution >= 0.6 is 0 Å². The number of likely N-dealkylation sites (tertiary alicyclic amines) is 1. The first-order valence-electron chi connectivity index (χ1n) is 8.32. The van der Waals surface area contributed by atoms with Gasteiger partial charge in [-0.05, 0) is 12.8 Å². The van der Waals surface area contributed by atoms with Crippen LogP contribution in [0.3, 0.4) is 0 Å². The standard InChI is InChI=1S/C16H22N4O5/c1-24-15(21)8-17-5-11-4-12(9-20(11)16(22)23)25-14-7-18-13(6-19-14)10-2-3-10/h6-7,10-12,17H,2-5,8-9H2,1H3,(H,22,23)/t11-,12+/m0/s1. The third kappa shape index (κ3) is 4.56. The Hall–Kier alpha value is -2.42. The second-order valence-electron chi connectivity index (χ2n) is 6.33. The summed E-state index contributed by atoms with van der Waals surface area (Å²) in [6, 6.07) is -0.272. The van der Waals surface area contributed by atoms with E-state index in [-0.39, 0.29) is 25.2 Å². The van der Waals surface area contributed by atoms with E-state index < -0.39 is 12.1 Å². The van der Waals surface area contributed by atoms with E-state index in [1.807, 2.05) is 0 Å². The van der Waals surface area contributed by atoms with Gasteiger partial charge in [0.25, 0.3) is 0 Å². The number of nitrogens with one attached hydrogen (secondary N) is 1. The molecule has 1 aliphatic carbocycles. The first-order valence-corrected chi connectivity index (χ1v) is 8.32. The molecule has 1 saturated carbocycles. The fourth-order valence-electron chi connectivity index (χ4n) is 2.95. The van der Waals surface area contributed by atoms with Crippen LogP contribution in [0, 0.1) is 0 Å². The van der Waals surface area contributed by atoms with Gasteiger partial charge in [-0.15, -0.1) is 0 Å². The van der Waals surface area contributed by atoms with Gasteiger partial charge in [0, 0.05) is 18.9 Å². The predicted molar refractivity (Wildman–Crippen MR) is 86.4 cm³/mol. The highest BCUT2D eigenvalue weighted by molar-refractivity contribution is 5.71. The Morgan fingerprint density at radius 1 is 1.36 bits per heavy atom. The fourth-order valence-corrected chi connectivity index (χ4v) is 2.95. The Kier molecular flexibility index (Phi) is 5.32. The molecule has 2 N–H and O–H groups in total. The van der Waals surface area contributed by atoms with Crippen LogP contribution < -0.4 is 10.1 Å². The molecule has 2 heterocycles. The van der Waals surface area contributed by atoms with E-state index in [4.69, 9.17) is 4.74 Å². The van der Waals surface area contributed by atoms with Gasteiger partial charge in [0.2, 0.25) is 5.88 Å². The number of esters is 1. The van der Waals surface area contributed by atoms with Crippen LogP contribution in [0.25, 0.3) is 0 Å². The molecule has 1 aromatic heterocycles. The normalized spacial score (nSPS) is 22.7. The van der Waals surface area contributed by atoms with Crippen molar-refractivity contribution in [2.24, 2.45) is 0 Å². The van der Waals surface area contributed by atoms with Gasteiger partial charge in [-0.3, -0.25) is 9.78 Å². The minimum absolute atomic E-state index is 0.0418. The van der Waals surface area contributed by atoms with Crippen LogP contribution in [-0.2, 0) is 9.53 Å². The lowest BCUT2D eigenvalue weighted by atomic mass is 10.2. The van der Waals surface area contributed by atoms with Crippen molar-refractivity contribution >= 4 is 12.1 Å². The maximum absolute atomic E-state index is 11.4. The molecular weight excluding hydrogens is 328 g/mol. The van der Waals surface area contributed by atoms with Crippen LogP contribution in [0.5, 0.6) is 5.88 Å². The van der Waals surface area contributed by atoms with E-state index in [1.165, 1.54) is 12.0 Å². The number of methoxy groups -OCH3 is 1. The molecule has 0 bridgehead atoms. The van der Waals surface area contributed by atoms with E-state index in [1.54, 1.807) is 12.4 Å². The predicted octanol–water partition coefficient (Wildman–Crippen LogP) is 0.616. The van der Waals surface area contributed by atoms with Crippen molar-refractivity contribution in [1.29, 1.82) is 0 Å². The molecular formula is C16H22N4O5. The van der Waals surface area contributed by atoms with Gasteiger partial charge < -0.3 is 24.8 Å². The van der Waals surface area contributed by atoms with E-state index >= 15 is 0 Å². The summed E-state index contributed by atoms with van der Waals surface area (Å²) in [5.41, 5.74) is 0.982. The third-order valence-corrected chi connectivity index (χ3v) is 4.43. The summed E-state index contributed by atoms with van der Waals surface area (Å²) in [6.45, 7) is 0.652. The van der Waals surface area contributed by atoms with Gasteiger partial charge in [0.05, 0.1) is 44.3 Å².